The number of aromatic nitrogens is 4. The maximum Gasteiger partial charge on any atom is 0.416 e. The van der Waals surface area contributed by atoms with Gasteiger partial charge in [0.25, 0.3) is 5.91 Å². The van der Waals surface area contributed by atoms with E-state index >= 15 is 0 Å². The van der Waals surface area contributed by atoms with Crippen LogP contribution in [-0.4, -0.2) is 75.8 Å². The number of rotatable bonds is 8. The van der Waals surface area contributed by atoms with Crippen molar-refractivity contribution in [3.05, 3.63) is 83.8 Å². The number of piperidine rings is 1. The molecule has 3 aromatic heterocycles. The number of anilines is 2. The summed E-state index contributed by atoms with van der Waals surface area (Å²) in [5.74, 6) is -1.41. The summed E-state index contributed by atoms with van der Waals surface area (Å²) in [4.78, 5) is 48.9. The summed E-state index contributed by atoms with van der Waals surface area (Å²) in [6.45, 7) is 3.42. The average Bonchev–Trinajstić information content (AvgIpc) is 3.60. The van der Waals surface area contributed by atoms with E-state index in [0.717, 1.165) is 68.9 Å². The van der Waals surface area contributed by atoms with Crippen LogP contribution in [0.5, 0.6) is 5.75 Å². The average molecular weight is 773 g/mol. The number of methoxy groups -OCH3 is 1. The Morgan fingerprint density at radius 3 is 2.48 bits per heavy atom. The topological polar surface area (TPSA) is 135 Å². The lowest BCUT2D eigenvalue weighted by atomic mass is 9.84. The highest BCUT2D eigenvalue weighted by atomic mass is 19.4. The van der Waals surface area contributed by atoms with Gasteiger partial charge in [-0.3, -0.25) is 29.5 Å². The minimum absolute atomic E-state index is 0.195. The second-order valence-electron chi connectivity index (χ2n) is 14.9. The van der Waals surface area contributed by atoms with Crippen molar-refractivity contribution < 1.29 is 36.7 Å². The Balaban J connectivity index is 0.854. The Labute approximate surface area is 319 Å². The van der Waals surface area contributed by atoms with Gasteiger partial charge in [0.15, 0.2) is 0 Å². The van der Waals surface area contributed by atoms with Crippen LogP contribution in [0.4, 0.5) is 33.7 Å². The highest BCUT2D eigenvalue weighted by molar-refractivity contribution is 6.09. The fourth-order valence-electron chi connectivity index (χ4n) is 8.34. The molecule has 12 nitrogen and oxygen atoms in total. The minimum atomic E-state index is -4.84. The van der Waals surface area contributed by atoms with Gasteiger partial charge in [0.1, 0.15) is 11.4 Å². The Hall–Kier alpha value is -5.64. The number of benzene rings is 2. The number of pyridine rings is 2. The quantitative estimate of drug-likeness (QED) is 0.123. The lowest BCUT2D eigenvalue weighted by Gasteiger charge is -2.37. The summed E-state index contributed by atoms with van der Waals surface area (Å²) in [6.07, 6.45) is 7.00. The maximum absolute atomic E-state index is 13.9. The summed E-state index contributed by atoms with van der Waals surface area (Å²) < 4.78 is 60.9. The number of carbonyl (C=O) groups is 3. The number of urea groups is 1. The first-order valence-electron chi connectivity index (χ1n) is 18.8. The molecule has 2 aliphatic heterocycles. The highest BCUT2D eigenvalue weighted by Crippen LogP contribution is 2.38. The third-order valence-electron chi connectivity index (χ3n) is 11.3. The van der Waals surface area contributed by atoms with E-state index in [1.54, 1.807) is 23.2 Å². The first-order chi connectivity index (χ1) is 26.9. The number of likely N-dealkylation sites (tertiary alicyclic amines) is 1. The largest absolute Gasteiger partial charge is 0.494 e. The van der Waals surface area contributed by atoms with Crippen molar-refractivity contribution in [1.29, 1.82) is 0 Å². The standard InChI is InChI=1S/C40H40F4N8O4/c1-56-35-18-31-27(15-32(35)47-38(54)33-16-28(40(42,43)44)17-36(41)46-33)22-52(49-31)29-5-2-23(3-6-29)21-50-11-8-24(9-12-50)25-4-7-30-26(14-25)19-45-20-34(30)51-13-10-37(53)48-39(51)55/h4,7,14-20,22-24,29H,2-3,5-6,8-13,21H2,1H3,(H,47,54)(H,48,53,55). The van der Waals surface area contributed by atoms with Crippen molar-refractivity contribution in [3.63, 3.8) is 0 Å². The van der Waals surface area contributed by atoms with Gasteiger partial charge in [-0.2, -0.15) is 22.7 Å². The number of fused-ring (bicyclic) bond motifs is 2. The number of hydrogen-bond acceptors (Lipinski definition) is 8. The molecular formula is C40H40F4N8O4. The van der Waals surface area contributed by atoms with Crippen molar-refractivity contribution in [2.75, 3.05) is 43.5 Å². The van der Waals surface area contributed by atoms with Crippen LogP contribution in [0.15, 0.2) is 61.1 Å². The number of ether oxygens (including phenoxy) is 1. The second kappa shape index (κ2) is 15.1. The molecule has 0 atom stereocenters. The lowest BCUT2D eigenvalue weighted by molar-refractivity contribution is -0.137. The molecule has 4 amide bonds. The molecule has 3 fully saturated rings. The van der Waals surface area contributed by atoms with Crippen LogP contribution in [0.3, 0.4) is 0 Å². The molecule has 0 unspecified atom stereocenters. The number of amides is 4. The molecule has 5 aromatic rings. The molecule has 0 radical (unpaired) electrons. The van der Waals surface area contributed by atoms with E-state index in [4.69, 9.17) is 9.84 Å². The van der Waals surface area contributed by atoms with Crippen LogP contribution in [0.25, 0.3) is 21.7 Å². The van der Waals surface area contributed by atoms with Gasteiger partial charge in [-0.15, -0.1) is 0 Å². The molecule has 56 heavy (non-hydrogen) atoms. The van der Waals surface area contributed by atoms with Crippen LogP contribution in [0.2, 0.25) is 0 Å². The summed E-state index contributed by atoms with van der Waals surface area (Å²) >= 11 is 0. The van der Waals surface area contributed by atoms with Crippen molar-refractivity contribution >= 4 is 50.9 Å². The van der Waals surface area contributed by atoms with Gasteiger partial charge in [-0.1, -0.05) is 12.1 Å². The number of halogens is 4. The molecule has 292 valence electrons. The van der Waals surface area contributed by atoms with Gasteiger partial charge >= 0.3 is 12.2 Å². The molecule has 2 N–H and O–H groups in total. The smallest absolute Gasteiger partial charge is 0.416 e. The maximum atomic E-state index is 13.9. The first kappa shape index (κ1) is 37.3. The van der Waals surface area contributed by atoms with E-state index in [-0.39, 0.29) is 35.9 Å². The van der Waals surface area contributed by atoms with Crippen molar-refractivity contribution in [3.8, 4) is 5.75 Å². The van der Waals surface area contributed by atoms with Crippen molar-refractivity contribution in [1.82, 2.24) is 30.0 Å². The molecule has 8 rings (SSSR count). The minimum Gasteiger partial charge on any atom is -0.494 e. The van der Waals surface area contributed by atoms with E-state index < -0.39 is 35.3 Å². The Morgan fingerprint density at radius 2 is 1.75 bits per heavy atom. The van der Waals surface area contributed by atoms with E-state index in [1.165, 1.54) is 12.7 Å². The molecule has 16 heteroatoms. The molecule has 3 aliphatic rings. The molecule has 0 spiro atoms. The zero-order valence-electron chi connectivity index (χ0n) is 30.6. The number of carbonyl (C=O) groups excluding carboxylic acids is 3. The summed E-state index contributed by atoms with van der Waals surface area (Å²) in [6, 6.07) is 10.2. The van der Waals surface area contributed by atoms with Crippen LogP contribution in [-0.2, 0) is 11.0 Å². The van der Waals surface area contributed by atoms with E-state index in [9.17, 15) is 31.9 Å². The van der Waals surface area contributed by atoms with E-state index in [1.807, 2.05) is 17.1 Å². The van der Waals surface area contributed by atoms with Crippen LogP contribution in [0, 0.1) is 11.9 Å². The normalized spacial score (nSPS) is 20.1. The first-order valence-corrected chi connectivity index (χ1v) is 18.8. The van der Waals surface area contributed by atoms with Gasteiger partial charge in [0, 0.05) is 60.2 Å². The zero-order chi connectivity index (χ0) is 39.1. The number of hydrogen-bond donors (Lipinski definition) is 2. The molecular weight excluding hydrogens is 732 g/mol. The Morgan fingerprint density at radius 1 is 0.964 bits per heavy atom. The predicted octanol–water partition coefficient (Wildman–Crippen LogP) is 7.46. The van der Waals surface area contributed by atoms with Gasteiger partial charge in [-0.25, -0.2) is 9.78 Å². The number of nitrogens with zero attached hydrogens (tertiary/aromatic N) is 6. The summed E-state index contributed by atoms with van der Waals surface area (Å²) in [5.41, 5.74) is 0.808. The van der Waals surface area contributed by atoms with Crippen molar-refractivity contribution in [2.24, 2.45) is 5.92 Å². The molecule has 1 saturated carbocycles. The monoisotopic (exact) mass is 772 g/mol. The summed E-state index contributed by atoms with van der Waals surface area (Å²) in [7, 11) is 1.40. The molecule has 2 saturated heterocycles. The van der Waals surface area contributed by atoms with Gasteiger partial charge in [0.2, 0.25) is 11.9 Å². The Bertz CT molecular complexity index is 2320. The fraction of sp³-hybridized carbons (Fsp3) is 0.400. The zero-order valence-corrected chi connectivity index (χ0v) is 30.6. The third kappa shape index (κ3) is 7.74. The number of imide groups is 1. The van der Waals surface area contributed by atoms with Crippen LogP contribution in [0.1, 0.15) is 78.5 Å². The van der Waals surface area contributed by atoms with Gasteiger partial charge < -0.3 is 15.0 Å². The van der Waals surface area contributed by atoms with E-state index in [0.29, 0.717) is 41.0 Å². The number of alkyl halides is 3. The van der Waals surface area contributed by atoms with Gasteiger partial charge in [-0.05, 0) is 87.2 Å². The van der Waals surface area contributed by atoms with Crippen LogP contribution >= 0.6 is 0 Å². The van der Waals surface area contributed by atoms with Crippen LogP contribution < -0.4 is 20.3 Å². The van der Waals surface area contributed by atoms with Gasteiger partial charge in [0.05, 0.1) is 41.8 Å². The van der Waals surface area contributed by atoms with Crippen molar-refractivity contribution in [2.45, 2.75) is 63.1 Å². The molecule has 1 aliphatic carbocycles. The SMILES string of the molecule is COc1cc2nn(C3CCC(CN4CCC(c5ccc6c(N7CCC(=O)NC7=O)cncc6c5)CC4)CC3)cc2cc1NC(=O)c1cc(C(F)(F)F)cc(F)n1. The molecule has 2 aromatic carbocycles. The fourth-order valence-corrected chi connectivity index (χ4v) is 8.34. The molecule has 5 heterocycles. The predicted molar refractivity (Wildman–Crippen MR) is 200 cm³/mol. The molecule has 0 bridgehead atoms. The summed E-state index contributed by atoms with van der Waals surface area (Å²) in [5, 5.41) is 12.3. The Kier molecular flexibility index (Phi) is 10.1. The highest BCUT2D eigenvalue weighted by Gasteiger charge is 2.33. The lowest BCUT2D eigenvalue weighted by Crippen LogP contribution is -2.49. The second-order valence-corrected chi connectivity index (χ2v) is 14.9. The van der Waals surface area contributed by atoms with E-state index in [2.05, 4.69) is 43.7 Å². The number of nitrogens with one attached hydrogen (secondary N) is 2. The third-order valence-corrected chi connectivity index (χ3v) is 11.3.